The Labute approximate surface area is 144 Å². The van der Waals surface area contributed by atoms with Crippen LogP contribution in [-0.4, -0.2) is 46.1 Å². The summed E-state index contributed by atoms with van der Waals surface area (Å²) >= 11 is 1.96. The fourth-order valence-corrected chi connectivity index (χ4v) is 2.16. The molecule has 0 fully saturated rings. The highest BCUT2D eigenvalue weighted by molar-refractivity contribution is 14.1. The highest BCUT2D eigenvalue weighted by Gasteiger charge is 2.23. The van der Waals surface area contributed by atoms with Crippen LogP contribution >= 0.6 is 22.6 Å². The molecule has 7 nitrogen and oxygen atoms in total. The molecule has 0 aromatic carbocycles. The molecular weight excluding hydrogens is 403 g/mol. The number of amides is 1. The van der Waals surface area contributed by atoms with E-state index >= 15 is 0 Å². The first-order chi connectivity index (χ1) is 10.1. The van der Waals surface area contributed by atoms with Crippen LogP contribution in [-0.2, 0) is 19.1 Å². The van der Waals surface area contributed by atoms with Crippen LogP contribution in [0.25, 0.3) is 0 Å². The molecule has 0 aliphatic rings. The number of nitrogens with two attached hydrogens (primary N) is 1. The maximum absolute atomic E-state index is 11.9. The number of esters is 1. The van der Waals surface area contributed by atoms with Gasteiger partial charge in [-0.15, -0.1) is 0 Å². The van der Waals surface area contributed by atoms with Crippen LogP contribution in [0.5, 0.6) is 0 Å². The van der Waals surface area contributed by atoms with Gasteiger partial charge in [-0.1, -0.05) is 43.4 Å². The number of hydrogen-bond acceptors (Lipinski definition) is 5. The maximum atomic E-state index is 11.9. The first kappa shape index (κ1) is 21.1. The van der Waals surface area contributed by atoms with Crippen LogP contribution in [0.2, 0.25) is 0 Å². The molecule has 0 bridgehead atoms. The quantitative estimate of drug-likeness (QED) is 0.219. The van der Waals surface area contributed by atoms with E-state index in [-0.39, 0.29) is 11.8 Å². The van der Waals surface area contributed by atoms with Crippen molar-refractivity contribution < 1.29 is 24.2 Å². The fraction of sp³-hybridized carbons (Fsp3) is 0.786. The zero-order valence-corrected chi connectivity index (χ0v) is 15.4. The lowest BCUT2D eigenvalue weighted by atomic mass is 9.91. The molecule has 8 heteroatoms. The van der Waals surface area contributed by atoms with Gasteiger partial charge in [0, 0.05) is 4.43 Å². The number of carbonyl (C=O) groups is 3. The second kappa shape index (κ2) is 9.98. The van der Waals surface area contributed by atoms with E-state index in [0.717, 1.165) is 12.8 Å². The van der Waals surface area contributed by atoms with Crippen LogP contribution in [0.15, 0.2) is 0 Å². The monoisotopic (exact) mass is 428 g/mol. The van der Waals surface area contributed by atoms with Crippen LogP contribution in [0, 0.1) is 5.41 Å². The molecule has 0 radical (unpaired) electrons. The van der Waals surface area contributed by atoms with Crippen molar-refractivity contribution in [2.24, 2.45) is 11.1 Å². The molecule has 0 rings (SSSR count). The average Bonchev–Trinajstić information content (AvgIpc) is 2.39. The molecule has 0 saturated heterocycles. The van der Waals surface area contributed by atoms with E-state index in [1.165, 1.54) is 0 Å². The van der Waals surface area contributed by atoms with E-state index in [1.54, 1.807) is 0 Å². The van der Waals surface area contributed by atoms with Gasteiger partial charge < -0.3 is 20.9 Å². The van der Waals surface area contributed by atoms with E-state index in [4.69, 9.17) is 15.6 Å². The smallest absolute Gasteiger partial charge is 0.329 e. The summed E-state index contributed by atoms with van der Waals surface area (Å²) in [6, 6.07) is -2.07. The minimum absolute atomic E-state index is 0.177. The van der Waals surface area contributed by atoms with Gasteiger partial charge >= 0.3 is 11.9 Å². The third-order valence-electron chi connectivity index (χ3n) is 2.81. The van der Waals surface area contributed by atoms with Gasteiger partial charge in [0.15, 0.2) is 0 Å². The first-order valence-corrected chi connectivity index (χ1v) is 8.59. The molecule has 1 amide bonds. The molecule has 0 heterocycles. The Morgan fingerprint density at radius 3 is 2.36 bits per heavy atom. The largest absolute Gasteiger partial charge is 0.480 e. The lowest BCUT2D eigenvalue weighted by molar-refractivity contribution is -0.147. The van der Waals surface area contributed by atoms with Crippen molar-refractivity contribution in [1.82, 2.24) is 5.32 Å². The summed E-state index contributed by atoms with van der Waals surface area (Å²) in [5.74, 6) is -2.35. The Morgan fingerprint density at radius 2 is 1.91 bits per heavy atom. The maximum Gasteiger partial charge on any atom is 0.329 e. The number of nitrogens with one attached hydrogen (secondary N) is 1. The lowest BCUT2D eigenvalue weighted by Crippen LogP contribution is -2.46. The molecule has 2 atom stereocenters. The molecule has 22 heavy (non-hydrogen) atoms. The van der Waals surface area contributed by atoms with Gasteiger partial charge in [0.1, 0.15) is 12.1 Å². The summed E-state index contributed by atoms with van der Waals surface area (Å²) in [5, 5.41) is 11.1. The molecule has 0 aromatic rings. The van der Waals surface area contributed by atoms with Crippen LogP contribution in [0.4, 0.5) is 0 Å². The lowest BCUT2D eigenvalue weighted by Gasteiger charge is -2.19. The molecule has 2 unspecified atom stereocenters. The number of carboxylic acids is 1. The number of aliphatic carboxylic acids is 1. The van der Waals surface area contributed by atoms with Gasteiger partial charge in [-0.3, -0.25) is 9.59 Å². The van der Waals surface area contributed by atoms with E-state index in [2.05, 4.69) is 26.1 Å². The van der Waals surface area contributed by atoms with Crippen molar-refractivity contribution in [1.29, 1.82) is 0 Å². The van der Waals surface area contributed by atoms with Gasteiger partial charge in [0.25, 0.3) is 0 Å². The summed E-state index contributed by atoms with van der Waals surface area (Å²) in [6.07, 6.45) is 1.30. The Morgan fingerprint density at radius 1 is 1.32 bits per heavy atom. The van der Waals surface area contributed by atoms with Crippen molar-refractivity contribution in [3.05, 3.63) is 0 Å². The van der Waals surface area contributed by atoms with Gasteiger partial charge in [-0.05, 0) is 18.3 Å². The topological polar surface area (TPSA) is 119 Å². The summed E-state index contributed by atoms with van der Waals surface area (Å²) in [7, 11) is 0. The highest BCUT2D eigenvalue weighted by atomic mass is 127. The Kier molecular flexibility index (Phi) is 9.58. The number of hydrogen-bond donors (Lipinski definition) is 3. The predicted octanol–water partition coefficient (Wildman–Crippen LogP) is 1.08. The van der Waals surface area contributed by atoms with Gasteiger partial charge in [-0.2, -0.15) is 0 Å². The SMILES string of the molecule is CC(C)(C)CCCOC(=O)C(CI)NC(=O)CC(N)C(=O)O. The summed E-state index contributed by atoms with van der Waals surface area (Å²) < 4.78 is 5.47. The van der Waals surface area contributed by atoms with Crippen molar-refractivity contribution in [2.75, 3.05) is 11.0 Å². The Bertz CT molecular complexity index is 395. The van der Waals surface area contributed by atoms with E-state index in [9.17, 15) is 14.4 Å². The minimum Gasteiger partial charge on any atom is -0.480 e. The number of ether oxygens (including phenoxy) is 1. The first-order valence-electron chi connectivity index (χ1n) is 7.07. The molecular formula is C14H25IN2O5. The molecule has 0 spiro atoms. The van der Waals surface area contributed by atoms with E-state index < -0.39 is 29.9 Å². The number of carbonyl (C=O) groups excluding carboxylic acids is 2. The zero-order valence-electron chi connectivity index (χ0n) is 13.2. The van der Waals surface area contributed by atoms with Gasteiger partial charge in [0.05, 0.1) is 13.0 Å². The highest BCUT2D eigenvalue weighted by Crippen LogP contribution is 2.20. The summed E-state index contributed by atoms with van der Waals surface area (Å²) in [5.41, 5.74) is 5.45. The van der Waals surface area contributed by atoms with E-state index in [0.29, 0.717) is 11.0 Å². The van der Waals surface area contributed by atoms with E-state index in [1.807, 2.05) is 22.6 Å². The molecule has 0 aliphatic heterocycles. The van der Waals surface area contributed by atoms with Crippen LogP contribution in [0.3, 0.4) is 0 Å². The Hall–Kier alpha value is -0.900. The fourth-order valence-electron chi connectivity index (χ4n) is 1.58. The zero-order chi connectivity index (χ0) is 17.3. The standard InChI is InChI=1S/C14H25IN2O5/c1-14(2,3)5-4-6-22-13(21)10(8-15)17-11(18)7-9(16)12(19)20/h9-10H,4-8,16H2,1-3H3,(H,17,18)(H,19,20). The van der Waals surface area contributed by atoms with Gasteiger partial charge in [0.2, 0.25) is 5.91 Å². The number of rotatable bonds is 9. The van der Waals surface area contributed by atoms with Gasteiger partial charge in [-0.25, -0.2) is 4.79 Å². The third-order valence-corrected chi connectivity index (χ3v) is 3.69. The summed E-state index contributed by atoms with van der Waals surface area (Å²) in [6.45, 7) is 6.62. The van der Waals surface area contributed by atoms with Crippen molar-refractivity contribution in [3.8, 4) is 0 Å². The van der Waals surface area contributed by atoms with Crippen molar-refractivity contribution >= 4 is 40.4 Å². The number of alkyl halides is 1. The average molecular weight is 428 g/mol. The third kappa shape index (κ3) is 9.93. The van der Waals surface area contributed by atoms with Crippen molar-refractivity contribution in [3.63, 3.8) is 0 Å². The number of carboxylic acid groups (broad SMARTS) is 1. The predicted molar refractivity (Wildman–Crippen MR) is 90.7 cm³/mol. The molecule has 0 saturated carbocycles. The molecule has 0 aromatic heterocycles. The second-order valence-electron chi connectivity index (χ2n) is 6.25. The molecule has 4 N–H and O–H groups in total. The molecule has 128 valence electrons. The van der Waals surface area contributed by atoms with Crippen LogP contribution < -0.4 is 11.1 Å². The normalized spacial score (nSPS) is 14.0. The molecule has 0 aliphatic carbocycles. The summed E-state index contributed by atoms with van der Waals surface area (Å²) in [4.78, 5) is 34.1. The second-order valence-corrected chi connectivity index (χ2v) is 7.14. The number of halogens is 1. The minimum atomic E-state index is -1.28. The van der Waals surface area contributed by atoms with Crippen molar-refractivity contribution in [2.45, 2.75) is 52.1 Å². The Balaban J connectivity index is 4.19. The van der Waals surface area contributed by atoms with Crippen LogP contribution in [0.1, 0.15) is 40.0 Å².